The van der Waals surface area contributed by atoms with E-state index in [0.717, 1.165) is 24.8 Å². The fraction of sp³-hybridized carbons (Fsp3) is 0.474. The van der Waals surface area contributed by atoms with Crippen molar-refractivity contribution in [2.24, 2.45) is 5.41 Å². The Morgan fingerprint density at radius 1 is 1.29 bits per heavy atom. The van der Waals surface area contributed by atoms with Gasteiger partial charge in [0.25, 0.3) is 5.91 Å². The van der Waals surface area contributed by atoms with Crippen molar-refractivity contribution < 1.29 is 14.7 Å². The first kappa shape index (κ1) is 18.2. The highest BCUT2D eigenvalue weighted by Gasteiger charge is 2.34. The molecule has 130 valence electrons. The summed E-state index contributed by atoms with van der Waals surface area (Å²) in [6.07, 6.45) is 3.86. The highest BCUT2D eigenvalue weighted by atomic mass is 16.3. The van der Waals surface area contributed by atoms with Crippen molar-refractivity contribution in [2.45, 2.75) is 32.7 Å². The van der Waals surface area contributed by atoms with Crippen molar-refractivity contribution >= 4 is 11.8 Å². The van der Waals surface area contributed by atoms with E-state index >= 15 is 0 Å². The molecule has 1 saturated heterocycles. The van der Waals surface area contributed by atoms with Gasteiger partial charge in [-0.3, -0.25) is 9.59 Å². The maximum absolute atomic E-state index is 12.6. The SMILES string of the molecule is C=CC(=O)NCc1ccc(C(=O)N2CCC(CC)(CO)CC2)cc1. The molecule has 24 heavy (non-hydrogen) atoms. The summed E-state index contributed by atoms with van der Waals surface area (Å²) in [4.78, 5) is 25.6. The van der Waals surface area contributed by atoms with E-state index in [1.54, 1.807) is 12.1 Å². The Kier molecular flexibility index (Phi) is 6.15. The van der Waals surface area contributed by atoms with Gasteiger partial charge in [0.05, 0.1) is 0 Å². The third-order valence-electron chi connectivity index (χ3n) is 5.05. The highest BCUT2D eigenvalue weighted by molar-refractivity contribution is 5.94. The molecule has 0 aromatic heterocycles. The molecule has 0 bridgehead atoms. The highest BCUT2D eigenvalue weighted by Crippen LogP contribution is 2.34. The van der Waals surface area contributed by atoms with Crippen molar-refractivity contribution in [1.29, 1.82) is 0 Å². The number of nitrogens with one attached hydrogen (secondary N) is 1. The van der Waals surface area contributed by atoms with Gasteiger partial charge in [0.1, 0.15) is 0 Å². The van der Waals surface area contributed by atoms with Crippen LogP contribution in [-0.2, 0) is 11.3 Å². The van der Waals surface area contributed by atoms with E-state index in [4.69, 9.17) is 0 Å². The van der Waals surface area contributed by atoms with Gasteiger partial charge in [0.2, 0.25) is 5.91 Å². The zero-order valence-corrected chi connectivity index (χ0v) is 14.3. The molecule has 0 atom stereocenters. The van der Waals surface area contributed by atoms with E-state index < -0.39 is 0 Å². The van der Waals surface area contributed by atoms with Crippen molar-refractivity contribution in [1.82, 2.24) is 10.2 Å². The number of rotatable bonds is 6. The molecular formula is C19H26N2O3. The van der Waals surface area contributed by atoms with Crippen LogP contribution in [0.4, 0.5) is 0 Å². The summed E-state index contributed by atoms with van der Waals surface area (Å²) >= 11 is 0. The number of hydrogen-bond acceptors (Lipinski definition) is 3. The molecule has 1 aromatic carbocycles. The molecule has 0 unspecified atom stereocenters. The third kappa shape index (κ3) is 4.23. The van der Waals surface area contributed by atoms with Gasteiger partial charge in [0.15, 0.2) is 0 Å². The molecule has 2 N–H and O–H groups in total. The fourth-order valence-electron chi connectivity index (χ4n) is 3.02. The number of carbonyl (C=O) groups excluding carboxylic acids is 2. The summed E-state index contributed by atoms with van der Waals surface area (Å²) in [5, 5.41) is 12.3. The van der Waals surface area contributed by atoms with Crippen molar-refractivity contribution in [3.8, 4) is 0 Å². The van der Waals surface area contributed by atoms with Crippen LogP contribution >= 0.6 is 0 Å². The summed E-state index contributed by atoms with van der Waals surface area (Å²) in [5.74, 6) is -0.189. The number of hydrogen-bond donors (Lipinski definition) is 2. The minimum atomic E-state index is -0.216. The second-order valence-corrected chi connectivity index (χ2v) is 6.42. The summed E-state index contributed by atoms with van der Waals surface area (Å²) < 4.78 is 0. The average Bonchev–Trinajstić information content (AvgIpc) is 2.66. The molecule has 1 aliphatic heterocycles. The topological polar surface area (TPSA) is 69.6 Å². The normalized spacial score (nSPS) is 16.5. The average molecular weight is 330 g/mol. The second kappa shape index (κ2) is 8.11. The predicted octanol–water partition coefficient (Wildman–Crippen LogP) is 2.11. The van der Waals surface area contributed by atoms with Crippen LogP contribution in [-0.4, -0.2) is 41.5 Å². The Hall–Kier alpha value is -2.14. The fourth-order valence-corrected chi connectivity index (χ4v) is 3.02. The molecule has 5 nitrogen and oxygen atoms in total. The summed E-state index contributed by atoms with van der Waals surface area (Å²) in [5.41, 5.74) is 1.57. The van der Waals surface area contributed by atoms with Crippen LogP contribution in [0.2, 0.25) is 0 Å². The molecule has 1 aliphatic rings. The van der Waals surface area contributed by atoms with Gasteiger partial charge in [-0.15, -0.1) is 0 Å². The van der Waals surface area contributed by atoms with Gasteiger partial charge in [-0.2, -0.15) is 0 Å². The molecule has 0 radical (unpaired) electrons. The Morgan fingerprint density at radius 3 is 2.42 bits per heavy atom. The molecule has 0 spiro atoms. The van der Waals surface area contributed by atoms with Crippen LogP contribution in [0.5, 0.6) is 0 Å². The molecule has 0 aliphatic carbocycles. The quantitative estimate of drug-likeness (QED) is 0.785. The zero-order valence-electron chi connectivity index (χ0n) is 14.3. The van der Waals surface area contributed by atoms with E-state index in [-0.39, 0.29) is 23.8 Å². The summed E-state index contributed by atoms with van der Waals surface area (Å²) in [7, 11) is 0. The lowest BCUT2D eigenvalue weighted by Crippen LogP contribution is -2.44. The van der Waals surface area contributed by atoms with Crippen molar-refractivity contribution in [2.75, 3.05) is 19.7 Å². The third-order valence-corrected chi connectivity index (χ3v) is 5.05. The summed E-state index contributed by atoms with van der Waals surface area (Å²) in [6.45, 7) is 7.48. The lowest BCUT2D eigenvalue weighted by atomic mass is 9.77. The van der Waals surface area contributed by atoms with Crippen molar-refractivity contribution in [3.05, 3.63) is 48.0 Å². The molecule has 2 rings (SSSR count). The van der Waals surface area contributed by atoms with Gasteiger partial charge in [-0.1, -0.05) is 25.6 Å². The van der Waals surface area contributed by atoms with E-state index in [9.17, 15) is 14.7 Å². The van der Waals surface area contributed by atoms with Gasteiger partial charge >= 0.3 is 0 Å². The van der Waals surface area contributed by atoms with Crippen LogP contribution in [0, 0.1) is 5.41 Å². The van der Waals surface area contributed by atoms with Gasteiger partial charge in [-0.25, -0.2) is 0 Å². The van der Waals surface area contributed by atoms with E-state index in [2.05, 4.69) is 18.8 Å². The number of benzene rings is 1. The van der Waals surface area contributed by atoms with Crippen LogP contribution in [0.25, 0.3) is 0 Å². The number of nitrogens with zero attached hydrogens (tertiary/aromatic N) is 1. The van der Waals surface area contributed by atoms with Gasteiger partial charge in [0, 0.05) is 31.8 Å². The van der Waals surface area contributed by atoms with Crippen LogP contribution < -0.4 is 5.32 Å². The number of aliphatic hydroxyl groups is 1. The minimum absolute atomic E-state index is 0.0238. The molecule has 1 fully saturated rings. The van der Waals surface area contributed by atoms with Crippen molar-refractivity contribution in [3.63, 3.8) is 0 Å². The first-order valence-electron chi connectivity index (χ1n) is 8.43. The molecule has 5 heteroatoms. The molecule has 1 heterocycles. The van der Waals surface area contributed by atoms with Crippen LogP contribution in [0.15, 0.2) is 36.9 Å². The molecule has 2 amide bonds. The first-order valence-corrected chi connectivity index (χ1v) is 8.43. The van der Waals surface area contributed by atoms with E-state index in [0.29, 0.717) is 25.2 Å². The van der Waals surface area contributed by atoms with Crippen LogP contribution in [0.3, 0.4) is 0 Å². The standard InChI is InChI=1S/C19H26N2O3/c1-3-17(23)20-13-15-5-7-16(8-6-15)18(24)21-11-9-19(4-2,14-22)10-12-21/h3,5-8,22H,1,4,9-14H2,2H3,(H,20,23). The minimum Gasteiger partial charge on any atom is -0.396 e. The molecular weight excluding hydrogens is 304 g/mol. The number of carbonyl (C=O) groups is 2. The first-order chi connectivity index (χ1) is 11.5. The van der Waals surface area contributed by atoms with E-state index in [1.165, 1.54) is 6.08 Å². The second-order valence-electron chi connectivity index (χ2n) is 6.42. The van der Waals surface area contributed by atoms with E-state index in [1.807, 2.05) is 17.0 Å². The maximum atomic E-state index is 12.6. The Bertz CT molecular complexity index is 581. The predicted molar refractivity (Wildman–Crippen MR) is 93.4 cm³/mol. The van der Waals surface area contributed by atoms with Gasteiger partial charge < -0.3 is 15.3 Å². The number of aliphatic hydroxyl groups excluding tert-OH is 1. The van der Waals surface area contributed by atoms with Crippen LogP contribution in [0.1, 0.15) is 42.1 Å². The Morgan fingerprint density at radius 2 is 1.92 bits per heavy atom. The Balaban J connectivity index is 1.93. The smallest absolute Gasteiger partial charge is 0.253 e. The monoisotopic (exact) mass is 330 g/mol. The maximum Gasteiger partial charge on any atom is 0.253 e. The largest absolute Gasteiger partial charge is 0.396 e. The number of amides is 2. The Labute approximate surface area is 143 Å². The summed E-state index contributed by atoms with van der Waals surface area (Å²) in [6, 6.07) is 7.30. The molecule has 1 aromatic rings. The number of piperidine rings is 1. The molecule has 0 saturated carbocycles. The van der Waals surface area contributed by atoms with Gasteiger partial charge in [-0.05, 0) is 48.4 Å². The lowest BCUT2D eigenvalue weighted by Gasteiger charge is -2.40. The lowest BCUT2D eigenvalue weighted by molar-refractivity contribution is -0.116. The number of likely N-dealkylation sites (tertiary alicyclic amines) is 1. The zero-order chi connectivity index (χ0) is 17.6.